The first-order valence-corrected chi connectivity index (χ1v) is 5.83. The molecule has 0 aromatic rings. The van der Waals surface area contributed by atoms with Gasteiger partial charge in [0.1, 0.15) is 0 Å². The Bertz CT molecular complexity index is 136. The van der Waals surface area contributed by atoms with E-state index >= 15 is 0 Å². The number of rotatable bonds is 0. The average molecular weight is 184 g/mol. The predicted octanol–water partition coefficient (Wildman–Crippen LogP) is 1.86. The van der Waals surface area contributed by atoms with Gasteiger partial charge in [0, 0.05) is 25.2 Å². The fourth-order valence-corrected chi connectivity index (χ4v) is 2.29. The normalized spacial score (nSPS) is 34.4. The molecular formula is C11H24N2. The van der Waals surface area contributed by atoms with Crippen molar-refractivity contribution >= 4 is 0 Å². The Kier molecular flexibility index (Phi) is 4.74. The van der Waals surface area contributed by atoms with Crippen LogP contribution in [0, 0.1) is 0 Å². The van der Waals surface area contributed by atoms with E-state index in [0.717, 1.165) is 6.04 Å². The Morgan fingerprint density at radius 1 is 1.23 bits per heavy atom. The summed E-state index contributed by atoms with van der Waals surface area (Å²) in [6.07, 6.45) is 4.28. The van der Waals surface area contributed by atoms with Crippen molar-refractivity contribution < 1.29 is 0 Å². The molecular weight excluding hydrogens is 160 g/mol. The molecule has 1 N–H and O–H groups in total. The van der Waals surface area contributed by atoms with E-state index in [0.29, 0.717) is 6.04 Å². The number of piperazine rings is 1. The molecule has 2 fully saturated rings. The van der Waals surface area contributed by atoms with Crippen LogP contribution < -0.4 is 5.32 Å². The SMILES string of the molecule is CC.C[C@@H]1CN2CCCCC2CN1. The highest BCUT2D eigenvalue weighted by atomic mass is 15.2. The van der Waals surface area contributed by atoms with E-state index in [-0.39, 0.29) is 0 Å². The topological polar surface area (TPSA) is 15.3 Å². The first-order chi connectivity index (χ1) is 6.36. The third-order valence-corrected chi connectivity index (χ3v) is 2.96. The summed E-state index contributed by atoms with van der Waals surface area (Å²) in [5.41, 5.74) is 0. The fourth-order valence-electron chi connectivity index (χ4n) is 2.29. The molecule has 0 bridgehead atoms. The summed E-state index contributed by atoms with van der Waals surface area (Å²) in [5, 5.41) is 3.54. The predicted molar refractivity (Wildman–Crippen MR) is 58.0 cm³/mol. The Morgan fingerprint density at radius 2 is 2.00 bits per heavy atom. The lowest BCUT2D eigenvalue weighted by Crippen LogP contribution is -2.56. The molecule has 2 saturated heterocycles. The molecule has 1 unspecified atom stereocenters. The number of fused-ring (bicyclic) bond motifs is 1. The molecule has 0 aromatic carbocycles. The van der Waals surface area contributed by atoms with Crippen LogP contribution in [0.2, 0.25) is 0 Å². The summed E-state index contributed by atoms with van der Waals surface area (Å²) in [6, 6.07) is 1.57. The lowest BCUT2D eigenvalue weighted by Gasteiger charge is -2.42. The van der Waals surface area contributed by atoms with Crippen LogP contribution in [0.5, 0.6) is 0 Å². The van der Waals surface area contributed by atoms with Crippen molar-refractivity contribution in [3.63, 3.8) is 0 Å². The van der Waals surface area contributed by atoms with Gasteiger partial charge in [0.05, 0.1) is 0 Å². The number of nitrogens with zero attached hydrogens (tertiary/aromatic N) is 1. The van der Waals surface area contributed by atoms with Gasteiger partial charge in [0.15, 0.2) is 0 Å². The third kappa shape index (κ3) is 2.96. The molecule has 2 nitrogen and oxygen atoms in total. The van der Waals surface area contributed by atoms with Crippen LogP contribution >= 0.6 is 0 Å². The van der Waals surface area contributed by atoms with Gasteiger partial charge >= 0.3 is 0 Å². The Labute approximate surface area is 82.7 Å². The monoisotopic (exact) mass is 184 g/mol. The molecule has 0 aromatic heterocycles. The first-order valence-electron chi connectivity index (χ1n) is 5.83. The van der Waals surface area contributed by atoms with E-state index in [1.807, 2.05) is 13.8 Å². The third-order valence-electron chi connectivity index (χ3n) is 2.96. The molecule has 0 spiro atoms. The van der Waals surface area contributed by atoms with Crippen LogP contribution in [-0.4, -0.2) is 36.6 Å². The second-order valence-electron chi connectivity index (χ2n) is 3.95. The summed E-state index contributed by atoms with van der Waals surface area (Å²) in [7, 11) is 0. The van der Waals surface area contributed by atoms with Gasteiger partial charge < -0.3 is 5.32 Å². The summed E-state index contributed by atoms with van der Waals surface area (Å²) >= 11 is 0. The maximum Gasteiger partial charge on any atom is 0.0221 e. The lowest BCUT2D eigenvalue weighted by molar-refractivity contribution is 0.0995. The fraction of sp³-hybridized carbons (Fsp3) is 1.00. The zero-order chi connectivity index (χ0) is 9.68. The molecule has 0 saturated carbocycles. The van der Waals surface area contributed by atoms with Crippen molar-refractivity contribution in [2.45, 2.75) is 52.1 Å². The molecule has 2 aliphatic rings. The first kappa shape index (κ1) is 11.0. The highest BCUT2D eigenvalue weighted by Gasteiger charge is 2.27. The van der Waals surface area contributed by atoms with Crippen molar-refractivity contribution in [2.75, 3.05) is 19.6 Å². The second kappa shape index (κ2) is 5.61. The zero-order valence-corrected chi connectivity index (χ0v) is 9.34. The van der Waals surface area contributed by atoms with Gasteiger partial charge in [-0.25, -0.2) is 0 Å². The minimum atomic E-state index is 0.712. The summed E-state index contributed by atoms with van der Waals surface area (Å²) in [4.78, 5) is 2.66. The van der Waals surface area contributed by atoms with Gasteiger partial charge in [0.2, 0.25) is 0 Å². The average Bonchev–Trinajstić information content (AvgIpc) is 2.21. The van der Waals surface area contributed by atoms with E-state index in [1.165, 1.54) is 38.9 Å². The van der Waals surface area contributed by atoms with Crippen molar-refractivity contribution in [3.8, 4) is 0 Å². The Balaban J connectivity index is 0.000000396. The van der Waals surface area contributed by atoms with Crippen LogP contribution in [0.3, 0.4) is 0 Å². The van der Waals surface area contributed by atoms with Crippen molar-refractivity contribution in [2.24, 2.45) is 0 Å². The molecule has 2 rings (SSSR count). The minimum absolute atomic E-state index is 0.712. The van der Waals surface area contributed by atoms with E-state index in [2.05, 4.69) is 17.1 Å². The van der Waals surface area contributed by atoms with Crippen molar-refractivity contribution in [1.29, 1.82) is 0 Å². The molecule has 0 radical (unpaired) electrons. The maximum atomic E-state index is 3.54. The smallest absolute Gasteiger partial charge is 0.0221 e. The molecule has 2 aliphatic heterocycles. The number of hydrogen-bond acceptors (Lipinski definition) is 2. The summed E-state index contributed by atoms with van der Waals surface area (Å²) in [6.45, 7) is 10.1. The van der Waals surface area contributed by atoms with Crippen LogP contribution in [0.1, 0.15) is 40.0 Å². The van der Waals surface area contributed by atoms with Crippen LogP contribution in [0.4, 0.5) is 0 Å². The molecule has 2 heteroatoms. The van der Waals surface area contributed by atoms with E-state index in [4.69, 9.17) is 0 Å². The largest absolute Gasteiger partial charge is 0.311 e. The summed E-state index contributed by atoms with van der Waals surface area (Å²) in [5.74, 6) is 0. The number of nitrogens with one attached hydrogen (secondary N) is 1. The molecule has 2 heterocycles. The van der Waals surface area contributed by atoms with Gasteiger partial charge in [-0.15, -0.1) is 0 Å². The van der Waals surface area contributed by atoms with Gasteiger partial charge in [-0.2, -0.15) is 0 Å². The summed E-state index contributed by atoms with van der Waals surface area (Å²) < 4.78 is 0. The van der Waals surface area contributed by atoms with E-state index < -0.39 is 0 Å². The second-order valence-corrected chi connectivity index (χ2v) is 3.95. The Hall–Kier alpha value is -0.0800. The minimum Gasteiger partial charge on any atom is -0.311 e. The van der Waals surface area contributed by atoms with Crippen LogP contribution in [0.15, 0.2) is 0 Å². The van der Waals surface area contributed by atoms with Gasteiger partial charge in [0.25, 0.3) is 0 Å². The molecule has 0 aliphatic carbocycles. The Morgan fingerprint density at radius 3 is 2.77 bits per heavy atom. The molecule has 2 atom stereocenters. The van der Waals surface area contributed by atoms with Gasteiger partial charge in [-0.3, -0.25) is 4.90 Å². The quantitative estimate of drug-likeness (QED) is 0.618. The van der Waals surface area contributed by atoms with Gasteiger partial charge in [-0.05, 0) is 26.3 Å². The van der Waals surface area contributed by atoms with Gasteiger partial charge in [-0.1, -0.05) is 20.3 Å². The lowest BCUT2D eigenvalue weighted by atomic mass is 9.99. The van der Waals surface area contributed by atoms with Crippen molar-refractivity contribution in [1.82, 2.24) is 10.2 Å². The number of hydrogen-bond donors (Lipinski definition) is 1. The van der Waals surface area contributed by atoms with Crippen LogP contribution in [-0.2, 0) is 0 Å². The molecule has 13 heavy (non-hydrogen) atoms. The molecule has 78 valence electrons. The highest BCUT2D eigenvalue weighted by molar-refractivity contribution is 4.86. The standard InChI is InChI=1S/C9H18N2.C2H6/c1-8-7-11-5-3-2-4-9(11)6-10-8;1-2/h8-10H,2-7H2,1H3;1-2H3/t8-,9?;/m1./s1. The molecule has 0 amide bonds. The number of piperidine rings is 1. The zero-order valence-electron chi connectivity index (χ0n) is 9.34. The van der Waals surface area contributed by atoms with E-state index in [1.54, 1.807) is 0 Å². The van der Waals surface area contributed by atoms with E-state index in [9.17, 15) is 0 Å². The highest BCUT2D eigenvalue weighted by Crippen LogP contribution is 2.18. The van der Waals surface area contributed by atoms with Crippen molar-refractivity contribution in [3.05, 3.63) is 0 Å². The van der Waals surface area contributed by atoms with Crippen LogP contribution in [0.25, 0.3) is 0 Å². The maximum absolute atomic E-state index is 3.54.